The summed E-state index contributed by atoms with van der Waals surface area (Å²) in [6.45, 7) is 4.60. The smallest absolute Gasteiger partial charge is 0.185 e. The molecule has 20 heavy (non-hydrogen) atoms. The van der Waals surface area contributed by atoms with Crippen molar-refractivity contribution in [3.05, 3.63) is 29.6 Å². The zero-order valence-corrected chi connectivity index (χ0v) is 12.8. The number of anilines is 1. The summed E-state index contributed by atoms with van der Waals surface area (Å²) in [5, 5.41) is 3.30. The Hall–Kier alpha value is -1.55. The maximum atomic E-state index is 5.19. The van der Waals surface area contributed by atoms with Crippen LogP contribution in [0.5, 0.6) is 5.75 Å². The first kappa shape index (κ1) is 13.4. The SMILES string of the molecule is COc1ccc(-c2csc(N3CCC[C@@H](C)C3)n2)cc1. The van der Waals surface area contributed by atoms with E-state index < -0.39 is 0 Å². The van der Waals surface area contributed by atoms with E-state index in [0.717, 1.165) is 41.1 Å². The lowest BCUT2D eigenvalue weighted by Gasteiger charge is -2.30. The molecule has 0 radical (unpaired) electrons. The van der Waals surface area contributed by atoms with E-state index in [4.69, 9.17) is 9.72 Å². The minimum Gasteiger partial charge on any atom is -0.497 e. The van der Waals surface area contributed by atoms with E-state index in [-0.39, 0.29) is 0 Å². The van der Waals surface area contributed by atoms with E-state index in [2.05, 4.69) is 29.3 Å². The Bertz CT molecular complexity index is 564. The monoisotopic (exact) mass is 288 g/mol. The third kappa shape index (κ3) is 2.80. The summed E-state index contributed by atoms with van der Waals surface area (Å²) >= 11 is 1.75. The molecular formula is C16H20N2OS. The van der Waals surface area contributed by atoms with Crippen LogP contribution in [0.1, 0.15) is 19.8 Å². The van der Waals surface area contributed by atoms with Gasteiger partial charge < -0.3 is 9.64 Å². The number of piperidine rings is 1. The van der Waals surface area contributed by atoms with Gasteiger partial charge in [-0.3, -0.25) is 0 Å². The molecule has 2 heterocycles. The van der Waals surface area contributed by atoms with Crippen molar-refractivity contribution in [1.29, 1.82) is 0 Å². The fourth-order valence-electron chi connectivity index (χ4n) is 2.67. The van der Waals surface area contributed by atoms with Crippen molar-refractivity contribution in [1.82, 2.24) is 4.98 Å². The van der Waals surface area contributed by atoms with Gasteiger partial charge in [0.15, 0.2) is 5.13 Å². The second-order valence-electron chi connectivity index (χ2n) is 5.44. The molecule has 2 aromatic rings. The fraction of sp³-hybridized carbons (Fsp3) is 0.438. The third-order valence-corrected chi connectivity index (χ3v) is 4.71. The van der Waals surface area contributed by atoms with Crippen molar-refractivity contribution in [3.8, 4) is 17.0 Å². The molecule has 0 spiro atoms. The summed E-state index contributed by atoms with van der Waals surface area (Å²) in [5.41, 5.74) is 2.21. The van der Waals surface area contributed by atoms with E-state index in [9.17, 15) is 0 Å². The molecule has 0 amide bonds. The fourth-order valence-corrected chi connectivity index (χ4v) is 3.54. The highest BCUT2D eigenvalue weighted by Gasteiger charge is 2.19. The largest absolute Gasteiger partial charge is 0.497 e. The Balaban J connectivity index is 1.78. The van der Waals surface area contributed by atoms with Gasteiger partial charge in [0.05, 0.1) is 12.8 Å². The molecule has 3 rings (SSSR count). The Morgan fingerprint density at radius 1 is 1.30 bits per heavy atom. The molecule has 1 saturated heterocycles. The molecule has 0 bridgehead atoms. The first-order chi connectivity index (χ1) is 9.76. The zero-order chi connectivity index (χ0) is 13.9. The molecule has 0 saturated carbocycles. The number of nitrogens with zero attached hydrogens (tertiary/aromatic N) is 2. The Labute approximate surface area is 124 Å². The van der Waals surface area contributed by atoms with E-state index in [0.29, 0.717) is 0 Å². The first-order valence-electron chi connectivity index (χ1n) is 7.11. The molecule has 0 unspecified atom stereocenters. The van der Waals surface area contributed by atoms with Gasteiger partial charge in [-0.25, -0.2) is 4.98 Å². The average molecular weight is 288 g/mol. The molecular weight excluding hydrogens is 268 g/mol. The summed E-state index contributed by atoms with van der Waals surface area (Å²) in [7, 11) is 1.69. The van der Waals surface area contributed by atoms with Crippen LogP contribution in [-0.4, -0.2) is 25.2 Å². The predicted molar refractivity (Wildman–Crippen MR) is 84.7 cm³/mol. The van der Waals surface area contributed by atoms with E-state index >= 15 is 0 Å². The second kappa shape index (κ2) is 5.83. The lowest BCUT2D eigenvalue weighted by atomic mass is 10.0. The van der Waals surface area contributed by atoms with Gasteiger partial charge in [0, 0.05) is 24.0 Å². The highest BCUT2D eigenvalue weighted by atomic mass is 32.1. The number of methoxy groups -OCH3 is 1. The van der Waals surface area contributed by atoms with Crippen LogP contribution < -0.4 is 9.64 Å². The molecule has 106 valence electrons. The van der Waals surface area contributed by atoms with Crippen LogP contribution in [0, 0.1) is 5.92 Å². The lowest BCUT2D eigenvalue weighted by molar-refractivity contribution is 0.415. The van der Waals surface area contributed by atoms with Crippen LogP contribution in [0.3, 0.4) is 0 Å². The Morgan fingerprint density at radius 3 is 2.80 bits per heavy atom. The average Bonchev–Trinajstić information content (AvgIpc) is 2.97. The van der Waals surface area contributed by atoms with Crippen molar-refractivity contribution in [2.75, 3.05) is 25.1 Å². The number of ether oxygens (including phenoxy) is 1. The summed E-state index contributed by atoms with van der Waals surface area (Å²) in [5.74, 6) is 1.66. The summed E-state index contributed by atoms with van der Waals surface area (Å²) in [6.07, 6.45) is 2.62. The van der Waals surface area contributed by atoms with Gasteiger partial charge in [-0.15, -0.1) is 11.3 Å². The van der Waals surface area contributed by atoms with E-state index in [1.807, 2.05) is 12.1 Å². The van der Waals surface area contributed by atoms with Crippen LogP contribution in [0.15, 0.2) is 29.6 Å². The Kier molecular flexibility index (Phi) is 3.92. The molecule has 3 nitrogen and oxygen atoms in total. The second-order valence-corrected chi connectivity index (χ2v) is 6.27. The van der Waals surface area contributed by atoms with Crippen LogP contribution in [-0.2, 0) is 0 Å². The van der Waals surface area contributed by atoms with E-state index in [1.165, 1.54) is 12.8 Å². The van der Waals surface area contributed by atoms with Crippen LogP contribution in [0.25, 0.3) is 11.3 Å². The minimum atomic E-state index is 0.775. The molecule has 0 aliphatic carbocycles. The Morgan fingerprint density at radius 2 is 2.10 bits per heavy atom. The van der Waals surface area contributed by atoms with Gasteiger partial charge in [-0.1, -0.05) is 6.92 Å². The van der Waals surface area contributed by atoms with Crippen molar-refractivity contribution < 1.29 is 4.74 Å². The highest BCUT2D eigenvalue weighted by molar-refractivity contribution is 7.14. The molecule has 1 aliphatic heterocycles. The van der Waals surface area contributed by atoms with Gasteiger partial charge in [0.2, 0.25) is 0 Å². The van der Waals surface area contributed by atoms with Gasteiger partial charge in [0.1, 0.15) is 5.75 Å². The molecule has 0 N–H and O–H groups in total. The predicted octanol–water partition coefficient (Wildman–Crippen LogP) is 4.06. The molecule has 1 aromatic carbocycles. The quantitative estimate of drug-likeness (QED) is 0.852. The topological polar surface area (TPSA) is 25.4 Å². The molecule has 1 fully saturated rings. The number of hydrogen-bond acceptors (Lipinski definition) is 4. The van der Waals surface area contributed by atoms with E-state index in [1.54, 1.807) is 18.4 Å². The number of aromatic nitrogens is 1. The summed E-state index contributed by atoms with van der Waals surface area (Å²) in [6, 6.07) is 8.10. The number of thiazole rings is 1. The van der Waals surface area contributed by atoms with Gasteiger partial charge in [0.25, 0.3) is 0 Å². The van der Waals surface area contributed by atoms with Crippen molar-refractivity contribution >= 4 is 16.5 Å². The van der Waals surface area contributed by atoms with Crippen LogP contribution >= 0.6 is 11.3 Å². The van der Waals surface area contributed by atoms with Crippen molar-refractivity contribution in [2.45, 2.75) is 19.8 Å². The van der Waals surface area contributed by atoms with Crippen LogP contribution in [0.4, 0.5) is 5.13 Å². The van der Waals surface area contributed by atoms with Gasteiger partial charge in [-0.2, -0.15) is 0 Å². The highest BCUT2D eigenvalue weighted by Crippen LogP contribution is 2.30. The molecule has 1 aromatic heterocycles. The maximum absolute atomic E-state index is 5.19. The normalized spacial score (nSPS) is 19.1. The van der Waals surface area contributed by atoms with Crippen molar-refractivity contribution in [2.24, 2.45) is 5.92 Å². The van der Waals surface area contributed by atoms with Gasteiger partial charge >= 0.3 is 0 Å². The molecule has 4 heteroatoms. The van der Waals surface area contributed by atoms with Crippen LogP contribution in [0.2, 0.25) is 0 Å². The zero-order valence-electron chi connectivity index (χ0n) is 12.0. The summed E-state index contributed by atoms with van der Waals surface area (Å²) in [4.78, 5) is 7.22. The minimum absolute atomic E-state index is 0.775. The van der Waals surface area contributed by atoms with Gasteiger partial charge in [-0.05, 0) is 43.0 Å². The standard InChI is InChI=1S/C16H20N2OS/c1-12-4-3-9-18(10-12)16-17-15(11-20-16)13-5-7-14(19-2)8-6-13/h5-8,11-12H,3-4,9-10H2,1-2H3/t12-/m1/s1. The first-order valence-corrected chi connectivity index (χ1v) is 7.99. The van der Waals surface area contributed by atoms with Crippen molar-refractivity contribution in [3.63, 3.8) is 0 Å². The molecule has 1 atom stereocenters. The number of rotatable bonds is 3. The third-order valence-electron chi connectivity index (χ3n) is 3.81. The number of benzene rings is 1. The molecule has 1 aliphatic rings. The summed E-state index contributed by atoms with van der Waals surface area (Å²) < 4.78 is 5.19. The lowest BCUT2D eigenvalue weighted by Crippen LogP contribution is -2.34. The number of hydrogen-bond donors (Lipinski definition) is 0. The maximum Gasteiger partial charge on any atom is 0.185 e.